The molecule has 1 N–H and O–H groups in total. The summed E-state index contributed by atoms with van der Waals surface area (Å²) in [6, 6.07) is 6.41. The van der Waals surface area contributed by atoms with Crippen LogP contribution in [0.3, 0.4) is 0 Å². The van der Waals surface area contributed by atoms with Gasteiger partial charge in [0.15, 0.2) is 0 Å². The van der Waals surface area contributed by atoms with Gasteiger partial charge in [-0.25, -0.2) is 0 Å². The molecule has 0 aliphatic rings. The molecule has 0 fully saturated rings. The number of rotatable bonds is 8. The Balaban J connectivity index is 2.48. The fourth-order valence-corrected chi connectivity index (χ4v) is 1.76. The Kier molecular flexibility index (Phi) is 6.84. The van der Waals surface area contributed by atoms with Gasteiger partial charge in [-0.15, -0.1) is 6.58 Å². The van der Waals surface area contributed by atoms with E-state index in [1.165, 1.54) is 5.56 Å². The molecule has 0 unspecified atom stereocenters. The summed E-state index contributed by atoms with van der Waals surface area (Å²) in [5, 5.41) is 4.04. The van der Waals surface area contributed by atoms with Gasteiger partial charge in [0, 0.05) is 12.6 Å². The van der Waals surface area contributed by atoms with Crippen molar-refractivity contribution in [3.8, 4) is 5.75 Å². The van der Waals surface area contributed by atoms with Crippen molar-refractivity contribution in [3.63, 3.8) is 0 Å². The zero-order valence-electron chi connectivity index (χ0n) is 11.2. The SMILES string of the molecule is C=CCCCOc1ccc(CNC(C)C)cc1Cl. The normalized spacial score (nSPS) is 10.7. The zero-order chi connectivity index (χ0) is 13.4. The van der Waals surface area contributed by atoms with Crippen LogP contribution in [-0.4, -0.2) is 12.6 Å². The van der Waals surface area contributed by atoms with Crippen LogP contribution in [0.2, 0.25) is 5.02 Å². The summed E-state index contributed by atoms with van der Waals surface area (Å²) >= 11 is 6.18. The van der Waals surface area contributed by atoms with Gasteiger partial charge in [-0.3, -0.25) is 0 Å². The maximum atomic E-state index is 6.18. The zero-order valence-corrected chi connectivity index (χ0v) is 12.0. The molecule has 0 saturated carbocycles. The fourth-order valence-electron chi connectivity index (χ4n) is 1.50. The van der Waals surface area contributed by atoms with Crippen molar-refractivity contribution in [1.29, 1.82) is 0 Å². The number of nitrogens with one attached hydrogen (secondary N) is 1. The number of benzene rings is 1. The molecule has 1 aromatic carbocycles. The number of hydrogen-bond acceptors (Lipinski definition) is 2. The van der Waals surface area contributed by atoms with Crippen LogP contribution >= 0.6 is 11.6 Å². The standard InChI is InChI=1S/C15H22ClNO/c1-4-5-6-9-18-15-8-7-13(10-14(15)16)11-17-12(2)3/h4,7-8,10,12,17H,1,5-6,9,11H2,2-3H3. The Labute approximate surface area is 115 Å². The highest BCUT2D eigenvalue weighted by Crippen LogP contribution is 2.25. The van der Waals surface area contributed by atoms with Crippen LogP contribution in [0.1, 0.15) is 32.3 Å². The highest BCUT2D eigenvalue weighted by atomic mass is 35.5. The summed E-state index contributed by atoms with van der Waals surface area (Å²) in [4.78, 5) is 0. The third-order valence-corrected chi connectivity index (χ3v) is 2.82. The molecule has 0 aromatic heterocycles. The molecular formula is C15H22ClNO. The highest BCUT2D eigenvalue weighted by Gasteiger charge is 2.03. The van der Waals surface area contributed by atoms with Crippen LogP contribution in [0.5, 0.6) is 5.75 Å². The number of allylic oxidation sites excluding steroid dienone is 1. The van der Waals surface area contributed by atoms with Gasteiger partial charge in [-0.1, -0.05) is 37.6 Å². The van der Waals surface area contributed by atoms with Crippen molar-refractivity contribution in [3.05, 3.63) is 41.4 Å². The average molecular weight is 268 g/mol. The smallest absolute Gasteiger partial charge is 0.137 e. The summed E-state index contributed by atoms with van der Waals surface area (Å²) < 4.78 is 5.62. The average Bonchev–Trinajstić information content (AvgIpc) is 2.34. The van der Waals surface area contributed by atoms with Gasteiger partial charge < -0.3 is 10.1 Å². The largest absolute Gasteiger partial charge is 0.492 e. The summed E-state index contributed by atoms with van der Waals surface area (Å²) in [7, 11) is 0. The van der Waals surface area contributed by atoms with Crippen LogP contribution in [0.25, 0.3) is 0 Å². The summed E-state index contributed by atoms with van der Waals surface area (Å²) in [5.74, 6) is 0.758. The number of halogens is 1. The topological polar surface area (TPSA) is 21.3 Å². The molecule has 0 aliphatic carbocycles. The molecule has 0 heterocycles. The van der Waals surface area contributed by atoms with Crippen molar-refractivity contribution in [2.24, 2.45) is 0 Å². The molecule has 0 aliphatic heterocycles. The molecular weight excluding hydrogens is 246 g/mol. The monoisotopic (exact) mass is 267 g/mol. The van der Waals surface area contributed by atoms with Gasteiger partial charge in [0.25, 0.3) is 0 Å². The molecule has 0 saturated heterocycles. The third-order valence-electron chi connectivity index (χ3n) is 2.52. The Morgan fingerprint density at radius 3 is 2.83 bits per heavy atom. The van der Waals surface area contributed by atoms with E-state index in [1.807, 2.05) is 24.3 Å². The number of hydrogen-bond donors (Lipinski definition) is 1. The Morgan fingerprint density at radius 2 is 2.22 bits per heavy atom. The van der Waals surface area contributed by atoms with Crippen molar-refractivity contribution in [2.45, 2.75) is 39.3 Å². The Morgan fingerprint density at radius 1 is 1.44 bits per heavy atom. The molecule has 0 spiro atoms. The van der Waals surface area contributed by atoms with Gasteiger partial charge in [-0.2, -0.15) is 0 Å². The maximum Gasteiger partial charge on any atom is 0.137 e. The van der Waals surface area contributed by atoms with E-state index in [0.29, 0.717) is 17.7 Å². The molecule has 0 atom stereocenters. The Bertz CT molecular complexity index is 377. The van der Waals surface area contributed by atoms with Gasteiger partial charge >= 0.3 is 0 Å². The van der Waals surface area contributed by atoms with Crippen molar-refractivity contribution >= 4 is 11.6 Å². The molecule has 3 heteroatoms. The van der Waals surface area contributed by atoms with E-state index < -0.39 is 0 Å². The van der Waals surface area contributed by atoms with Crippen molar-refractivity contribution < 1.29 is 4.74 Å². The molecule has 0 radical (unpaired) electrons. The lowest BCUT2D eigenvalue weighted by atomic mass is 10.2. The molecule has 0 amide bonds. The first kappa shape index (κ1) is 15.1. The van der Waals surface area contributed by atoms with E-state index in [9.17, 15) is 0 Å². The summed E-state index contributed by atoms with van der Waals surface area (Å²) in [6.45, 7) is 9.43. The highest BCUT2D eigenvalue weighted by molar-refractivity contribution is 6.32. The second kappa shape index (κ2) is 8.17. The molecule has 2 nitrogen and oxygen atoms in total. The van der Waals surface area contributed by atoms with Gasteiger partial charge in [-0.05, 0) is 30.5 Å². The number of unbranched alkanes of at least 4 members (excludes halogenated alkanes) is 1. The van der Waals surface area contributed by atoms with Crippen LogP contribution in [0.4, 0.5) is 0 Å². The Hall–Kier alpha value is -0.990. The lowest BCUT2D eigenvalue weighted by Crippen LogP contribution is -2.21. The lowest BCUT2D eigenvalue weighted by molar-refractivity contribution is 0.312. The van der Waals surface area contributed by atoms with Crippen LogP contribution in [-0.2, 0) is 6.54 Å². The second-order valence-electron chi connectivity index (χ2n) is 4.58. The predicted octanol–water partition coefficient (Wildman–Crippen LogP) is 4.18. The molecule has 100 valence electrons. The van der Waals surface area contributed by atoms with Gasteiger partial charge in [0.1, 0.15) is 5.75 Å². The lowest BCUT2D eigenvalue weighted by Gasteiger charge is -2.11. The minimum atomic E-state index is 0.471. The summed E-state index contributed by atoms with van der Waals surface area (Å²) in [5.41, 5.74) is 1.17. The van der Waals surface area contributed by atoms with Crippen molar-refractivity contribution in [2.75, 3.05) is 6.61 Å². The van der Waals surface area contributed by atoms with Gasteiger partial charge in [0.2, 0.25) is 0 Å². The third kappa shape index (κ3) is 5.56. The minimum Gasteiger partial charge on any atom is -0.492 e. The minimum absolute atomic E-state index is 0.471. The van der Waals surface area contributed by atoms with E-state index in [1.54, 1.807) is 0 Å². The molecule has 0 bridgehead atoms. The first-order valence-corrected chi connectivity index (χ1v) is 6.76. The number of ether oxygens (including phenoxy) is 1. The predicted molar refractivity (Wildman–Crippen MR) is 78.4 cm³/mol. The van der Waals surface area contributed by atoms with Crippen molar-refractivity contribution in [1.82, 2.24) is 5.32 Å². The summed E-state index contributed by atoms with van der Waals surface area (Å²) in [6.07, 6.45) is 3.83. The van der Waals surface area contributed by atoms with Crippen LogP contribution in [0.15, 0.2) is 30.9 Å². The van der Waals surface area contributed by atoms with Gasteiger partial charge in [0.05, 0.1) is 11.6 Å². The van der Waals surface area contributed by atoms with E-state index in [-0.39, 0.29) is 0 Å². The van der Waals surface area contributed by atoms with E-state index >= 15 is 0 Å². The maximum absolute atomic E-state index is 6.18. The van der Waals surface area contributed by atoms with Crippen LogP contribution < -0.4 is 10.1 Å². The second-order valence-corrected chi connectivity index (χ2v) is 4.99. The van der Waals surface area contributed by atoms with E-state index in [0.717, 1.165) is 25.1 Å². The fraction of sp³-hybridized carbons (Fsp3) is 0.467. The van der Waals surface area contributed by atoms with E-state index in [2.05, 4.69) is 25.7 Å². The first-order valence-electron chi connectivity index (χ1n) is 6.39. The molecule has 1 aromatic rings. The molecule has 18 heavy (non-hydrogen) atoms. The first-order chi connectivity index (χ1) is 8.63. The van der Waals surface area contributed by atoms with E-state index in [4.69, 9.17) is 16.3 Å². The molecule has 1 rings (SSSR count). The quantitative estimate of drug-likeness (QED) is 0.563. The van der Waals surface area contributed by atoms with Crippen LogP contribution in [0, 0.1) is 0 Å².